The number of hydrogen-bond acceptors (Lipinski definition) is 2. The highest BCUT2D eigenvalue weighted by molar-refractivity contribution is 5.72. The van der Waals surface area contributed by atoms with Crippen LogP contribution in [0.2, 0.25) is 0 Å². The average molecular weight is 385 g/mol. The molecular formula is C27H32N2. The van der Waals surface area contributed by atoms with Gasteiger partial charge in [0.25, 0.3) is 0 Å². The van der Waals surface area contributed by atoms with Gasteiger partial charge < -0.3 is 9.80 Å². The van der Waals surface area contributed by atoms with Gasteiger partial charge in [-0.2, -0.15) is 0 Å². The maximum absolute atomic E-state index is 2.80. The molecule has 150 valence electrons. The van der Waals surface area contributed by atoms with E-state index in [1.165, 1.54) is 63.1 Å². The molecule has 2 atom stereocenters. The molecule has 2 nitrogen and oxygen atoms in total. The Morgan fingerprint density at radius 3 is 2.41 bits per heavy atom. The van der Waals surface area contributed by atoms with Crippen molar-refractivity contribution in [3.8, 4) is 0 Å². The van der Waals surface area contributed by atoms with E-state index in [0.29, 0.717) is 22.8 Å². The van der Waals surface area contributed by atoms with Crippen LogP contribution in [0, 0.1) is 10.8 Å². The van der Waals surface area contributed by atoms with Crippen LogP contribution in [0.25, 0.3) is 0 Å². The summed E-state index contributed by atoms with van der Waals surface area (Å²) in [6.45, 7) is 6.14. The predicted molar refractivity (Wildman–Crippen MR) is 121 cm³/mol. The maximum atomic E-state index is 2.80. The van der Waals surface area contributed by atoms with E-state index in [1.807, 2.05) is 0 Å². The quantitative estimate of drug-likeness (QED) is 0.587. The molecule has 2 heterocycles. The minimum Gasteiger partial charge on any atom is -0.337 e. The van der Waals surface area contributed by atoms with Crippen LogP contribution in [0.1, 0.15) is 50.5 Å². The topological polar surface area (TPSA) is 6.48 Å². The summed E-state index contributed by atoms with van der Waals surface area (Å²) in [6.07, 6.45) is 11.9. The van der Waals surface area contributed by atoms with Gasteiger partial charge in [-0.3, -0.25) is 0 Å². The molecule has 0 spiro atoms. The third-order valence-corrected chi connectivity index (χ3v) is 8.39. The highest BCUT2D eigenvalue weighted by atomic mass is 15.2. The standard InChI is InChI=1S/C27H32N2/c1-26-12-15-27(16-13-26,17-14-26)20-28-18-11-25-23(19-28)22-9-5-6-10-24(22)29(25)21-7-3-2-4-8-21/h2-10,12,15,23,25H,11,13-14,16-20H2,1H3/t23-,25+,26?,27?/m0/s1. The van der Waals surface area contributed by atoms with Crippen LogP contribution in [0.5, 0.6) is 0 Å². The number of nitrogens with zero attached hydrogens (tertiary/aromatic N) is 2. The zero-order valence-corrected chi connectivity index (χ0v) is 17.6. The number of likely N-dealkylation sites (tertiary alicyclic amines) is 1. The summed E-state index contributed by atoms with van der Waals surface area (Å²) in [6, 6.07) is 20.8. The minimum atomic E-state index is 0.446. The Kier molecular flexibility index (Phi) is 3.96. The lowest BCUT2D eigenvalue weighted by Gasteiger charge is -2.50. The van der Waals surface area contributed by atoms with Crippen molar-refractivity contribution in [1.29, 1.82) is 0 Å². The summed E-state index contributed by atoms with van der Waals surface area (Å²) in [5.74, 6) is 0.623. The number of fused-ring (bicyclic) bond motifs is 5. The Morgan fingerprint density at radius 2 is 1.66 bits per heavy atom. The molecule has 2 aromatic rings. The van der Waals surface area contributed by atoms with Crippen LogP contribution < -0.4 is 4.90 Å². The van der Waals surface area contributed by atoms with E-state index in [-0.39, 0.29) is 0 Å². The molecule has 0 unspecified atom stereocenters. The normalized spacial score (nSPS) is 35.6. The van der Waals surface area contributed by atoms with Gasteiger partial charge in [-0.15, -0.1) is 0 Å². The third-order valence-electron chi connectivity index (χ3n) is 8.39. The van der Waals surface area contributed by atoms with Gasteiger partial charge in [0.15, 0.2) is 0 Å². The minimum absolute atomic E-state index is 0.446. The highest BCUT2D eigenvalue weighted by Crippen LogP contribution is 2.53. The molecule has 2 heteroatoms. The molecule has 0 aromatic heterocycles. The molecule has 2 aliphatic heterocycles. The zero-order valence-electron chi connectivity index (χ0n) is 17.6. The summed E-state index contributed by atoms with van der Waals surface area (Å²) in [4.78, 5) is 5.42. The largest absolute Gasteiger partial charge is 0.337 e. The summed E-state index contributed by atoms with van der Waals surface area (Å²) in [5, 5.41) is 0. The molecule has 0 amide bonds. The smallest absolute Gasteiger partial charge is 0.0450 e. The van der Waals surface area contributed by atoms with Gasteiger partial charge in [-0.05, 0) is 61.3 Å². The number of para-hydroxylation sites is 2. The highest BCUT2D eigenvalue weighted by Gasteiger charge is 2.46. The molecule has 1 saturated heterocycles. The van der Waals surface area contributed by atoms with Crippen molar-refractivity contribution in [2.24, 2.45) is 10.8 Å². The van der Waals surface area contributed by atoms with Crippen molar-refractivity contribution >= 4 is 11.4 Å². The second-order valence-corrected chi connectivity index (χ2v) is 10.3. The Labute approximate surface area is 175 Å². The number of rotatable bonds is 3. The number of piperidine rings is 1. The molecule has 2 bridgehead atoms. The van der Waals surface area contributed by atoms with Crippen LogP contribution >= 0.6 is 0 Å². The van der Waals surface area contributed by atoms with E-state index in [0.717, 1.165) is 0 Å². The van der Waals surface area contributed by atoms with Crippen molar-refractivity contribution < 1.29 is 0 Å². The summed E-state index contributed by atoms with van der Waals surface area (Å²) >= 11 is 0. The zero-order chi connectivity index (χ0) is 19.5. The van der Waals surface area contributed by atoms with Crippen molar-refractivity contribution in [3.63, 3.8) is 0 Å². The van der Waals surface area contributed by atoms with Crippen LogP contribution in [0.4, 0.5) is 11.4 Å². The van der Waals surface area contributed by atoms with Crippen molar-refractivity contribution in [2.75, 3.05) is 24.5 Å². The second-order valence-electron chi connectivity index (χ2n) is 10.3. The van der Waals surface area contributed by atoms with Gasteiger partial charge in [0.05, 0.1) is 0 Å². The van der Waals surface area contributed by atoms with Crippen molar-refractivity contribution in [3.05, 3.63) is 72.3 Å². The van der Waals surface area contributed by atoms with Crippen LogP contribution in [0.15, 0.2) is 66.7 Å². The fourth-order valence-corrected chi connectivity index (χ4v) is 6.57. The first-order valence-corrected chi connectivity index (χ1v) is 11.5. The summed E-state index contributed by atoms with van der Waals surface area (Å²) in [5.41, 5.74) is 5.27. The van der Waals surface area contributed by atoms with E-state index in [9.17, 15) is 0 Å². The van der Waals surface area contributed by atoms with Gasteiger partial charge in [-0.1, -0.05) is 55.5 Å². The second kappa shape index (κ2) is 6.47. The van der Waals surface area contributed by atoms with Gasteiger partial charge in [0.1, 0.15) is 0 Å². The maximum Gasteiger partial charge on any atom is 0.0450 e. The fraction of sp³-hybridized carbons (Fsp3) is 0.481. The first-order valence-electron chi connectivity index (χ1n) is 11.5. The van der Waals surface area contributed by atoms with Gasteiger partial charge in [-0.25, -0.2) is 0 Å². The first-order chi connectivity index (χ1) is 14.1. The fourth-order valence-electron chi connectivity index (χ4n) is 6.57. The Morgan fingerprint density at radius 1 is 0.897 bits per heavy atom. The van der Waals surface area contributed by atoms with E-state index in [4.69, 9.17) is 0 Å². The predicted octanol–water partition coefficient (Wildman–Crippen LogP) is 6.13. The lowest BCUT2D eigenvalue weighted by molar-refractivity contribution is 0.0723. The molecule has 0 N–H and O–H groups in total. The van der Waals surface area contributed by atoms with E-state index in [1.54, 1.807) is 5.56 Å². The monoisotopic (exact) mass is 384 g/mol. The summed E-state index contributed by atoms with van der Waals surface area (Å²) in [7, 11) is 0. The molecule has 2 fully saturated rings. The van der Waals surface area contributed by atoms with Crippen molar-refractivity contribution in [2.45, 2.75) is 51.0 Å². The third kappa shape index (κ3) is 2.87. The molecule has 3 aliphatic carbocycles. The first kappa shape index (κ1) is 17.8. The van der Waals surface area contributed by atoms with Crippen LogP contribution in [0.3, 0.4) is 0 Å². The molecule has 0 radical (unpaired) electrons. The lowest BCUT2D eigenvalue weighted by Crippen LogP contribution is -2.50. The SMILES string of the molecule is CC12C=CC(CN3CC[C@@H]4[C@@H](C3)c3ccccc3N4c3ccccc3)(CC1)CC2. The van der Waals surface area contributed by atoms with Crippen LogP contribution in [-0.4, -0.2) is 30.6 Å². The number of hydrogen-bond donors (Lipinski definition) is 0. The number of benzene rings is 2. The molecular weight excluding hydrogens is 352 g/mol. The summed E-state index contributed by atoms with van der Waals surface area (Å²) < 4.78 is 0. The van der Waals surface area contributed by atoms with Gasteiger partial charge in [0.2, 0.25) is 0 Å². The number of anilines is 2. The Bertz CT molecular complexity index is 923. The molecule has 7 rings (SSSR count). The van der Waals surface area contributed by atoms with Gasteiger partial charge >= 0.3 is 0 Å². The molecule has 29 heavy (non-hydrogen) atoms. The van der Waals surface area contributed by atoms with Crippen molar-refractivity contribution in [1.82, 2.24) is 4.90 Å². The average Bonchev–Trinajstić information content (AvgIpc) is 3.09. The van der Waals surface area contributed by atoms with Crippen LogP contribution in [-0.2, 0) is 0 Å². The molecule has 2 aromatic carbocycles. The van der Waals surface area contributed by atoms with E-state index in [2.05, 4.69) is 83.5 Å². The Hall–Kier alpha value is -2.06. The van der Waals surface area contributed by atoms with E-state index >= 15 is 0 Å². The van der Waals surface area contributed by atoms with E-state index < -0.39 is 0 Å². The Balaban J connectivity index is 1.27. The number of allylic oxidation sites excluding steroid dienone is 1. The lowest BCUT2D eigenvalue weighted by atomic mass is 9.59. The molecule has 5 aliphatic rings. The molecule has 1 saturated carbocycles. The van der Waals surface area contributed by atoms with Gasteiger partial charge in [0, 0.05) is 48.4 Å².